The van der Waals surface area contributed by atoms with Gasteiger partial charge in [0, 0.05) is 57.5 Å². The third kappa shape index (κ3) is 4.51. The Hall–Kier alpha value is -3.48. The molecular weight excluding hydrogens is 369 g/mol. The number of pyridine rings is 2. The molecular formula is C22H22FN5O. The van der Waals surface area contributed by atoms with E-state index in [9.17, 15) is 9.18 Å². The van der Waals surface area contributed by atoms with Crippen LogP contribution in [0.1, 0.15) is 15.9 Å². The van der Waals surface area contributed by atoms with Crippen molar-refractivity contribution in [2.45, 2.75) is 6.54 Å². The summed E-state index contributed by atoms with van der Waals surface area (Å²) in [5.41, 5.74) is 2.96. The maximum absolute atomic E-state index is 14.0. The van der Waals surface area contributed by atoms with Gasteiger partial charge in [-0.15, -0.1) is 0 Å². The first kappa shape index (κ1) is 18.9. The minimum atomic E-state index is -0.233. The Kier molecular flexibility index (Phi) is 5.65. The molecule has 29 heavy (non-hydrogen) atoms. The molecule has 0 radical (unpaired) electrons. The molecule has 1 aromatic carbocycles. The van der Waals surface area contributed by atoms with E-state index in [1.165, 1.54) is 6.07 Å². The lowest BCUT2D eigenvalue weighted by molar-refractivity contribution is 0.0746. The summed E-state index contributed by atoms with van der Waals surface area (Å²) >= 11 is 0. The van der Waals surface area contributed by atoms with Gasteiger partial charge in [0.25, 0.3) is 5.91 Å². The number of hydrogen-bond acceptors (Lipinski definition) is 5. The number of nitrogens with one attached hydrogen (secondary N) is 1. The van der Waals surface area contributed by atoms with E-state index in [2.05, 4.69) is 15.3 Å². The maximum Gasteiger partial charge on any atom is 0.255 e. The number of hydrogen-bond donors (Lipinski definition) is 1. The first-order valence-corrected chi connectivity index (χ1v) is 9.57. The molecule has 0 bridgehead atoms. The van der Waals surface area contributed by atoms with Crippen molar-refractivity contribution in [1.82, 2.24) is 14.9 Å². The van der Waals surface area contributed by atoms with Gasteiger partial charge in [-0.05, 0) is 29.8 Å². The Labute approximate surface area is 169 Å². The van der Waals surface area contributed by atoms with E-state index in [-0.39, 0.29) is 11.7 Å². The van der Waals surface area contributed by atoms with Crippen molar-refractivity contribution in [2.75, 3.05) is 36.4 Å². The monoisotopic (exact) mass is 391 g/mol. The van der Waals surface area contributed by atoms with Gasteiger partial charge in [0.05, 0.1) is 16.9 Å². The summed E-state index contributed by atoms with van der Waals surface area (Å²) in [7, 11) is 0. The summed E-state index contributed by atoms with van der Waals surface area (Å²) in [5, 5.41) is 3.27. The quantitative estimate of drug-likeness (QED) is 0.724. The maximum atomic E-state index is 14.0. The molecule has 0 atom stereocenters. The van der Waals surface area contributed by atoms with Crippen molar-refractivity contribution in [3.05, 3.63) is 84.2 Å². The fourth-order valence-corrected chi connectivity index (χ4v) is 3.40. The van der Waals surface area contributed by atoms with E-state index in [1.54, 1.807) is 41.8 Å². The molecule has 0 aliphatic carbocycles. The summed E-state index contributed by atoms with van der Waals surface area (Å²) in [6, 6.07) is 12.4. The number of rotatable bonds is 5. The van der Waals surface area contributed by atoms with Crippen LogP contribution in [0.2, 0.25) is 0 Å². The highest BCUT2D eigenvalue weighted by Gasteiger charge is 2.23. The number of nitrogens with zero attached hydrogens (tertiary/aromatic N) is 4. The molecule has 3 heterocycles. The van der Waals surface area contributed by atoms with Gasteiger partial charge in [-0.3, -0.25) is 14.8 Å². The summed E-state index contributed by atoms with van der Waals surface area (Å²) in [6.07, 6.45) is 6.81. The predicted octanol–water partition coefficient (Wildman–Crippen LogP) is 3.19. The Morgan fingerprint density at radius 1 is 1.00 bits per heavy atom. The molecule has 0 saturated carbocycles. The fourth-order valence-electron chi connectivity index (χ4n) is 3.40. The van der Waals surface area contributed by atoms with E-state index in [0.717, 1.165) is 11.3 Å². The number of carbonyl (C=O) groups excluding carboxylic acids is 1. The van der Waals surface area contributed by atoms with E-state index in [4.69, 9.17) is 0 Å². The fraction of sp³-hybridized carbons (Fsp3) is 0.227. The zero-order chi connectivity index (χ0) is 20.1. The molecule has 7 heteroatoms. The zero-order valence-corrected chi connectivity index (χ0v) is 16.0. The minimum Gasteiger partial charge on any atom is -0.380 e. The van der Waals surface area contributed by atoms with Crippen LogP contribution in [-0.4, -0.2) is 47.0 Å². The van der Waals surface area contributed by atoms with Gasteiger partial charge in [-0.25, -0.2) is 4.39 Å². The number of amides is 1. The lowest BCUT2D eigenvalue weighted by atomic mass is 10.2. The molecule has 1 amide bonds. The highest BCUT2D eigenvalue weighted by Crippen LogP contribution is 2.21. The molecule has 6 nitrogen and oxygen atoms in total. The van der Waals surface area contributed by atoms with Crippen LogP contribution < -0.4 is 10.2 Å². The van der Waals surface area contributed by atoms with Crippen LogP contribution in [0.3, 0.4) is 0 Å². The topological polar surface area (TPSA) is 61.4 Å². The van der Waals surface area contributed by atoms with Gasteiger partial charge in [0.1, 0.15) is 5.82 Å². The average Bonchev–Trinajstić information content (AvgIpc) is 2.79. The molecule has 1 aliphatic heterocycles. The van der Waals surface area contributed by atoms with Gasteiger partial charge in [0.15, 0.2) is 0 Å². The summed E-state index contributed by atoms with van der Waals surface area (Å²) < 4.78 is 14.0. The van der Waals surface area contributed by atoms with Crippen LogP contribution in [0.15, 0.2) is 67.3 Å². The first-order valence-electron chi connectivity index (χ1n) is 9.57. The van der Waals surface area contributed by atoms with Gasteiger partial charge >= 0.3 is 0 Å². The lowest BCUT2D eigenvalue weighted by Crippen LogP contribution is -2.49. The zero-order valence-electron chi connectivity index (χ0n) is 16.0. The Balaban J connectivity index is 1.37. The van der Waals surface area contributed by atoms with Crippen molar-refractivity contribution >= 4 is 17.3 Å². The van der Waals surface area contributed by atoms with Crippen LogP contribution in [-0.2, 0) is 6.54 Å². The second-order valence-electron chi connectivity index (χ2n) is 6.91. The molecule has 3 aromatic rings. The van der Waals surface area contributed by atoms with E-state index >= 15 is 0 Å². The normalized spacial score (nSPS) is 14.0. The van der Waals surface area contributed by atoms with Crippen LogP contribution in [0, 0.1) is 5.82 Å². The summed E-state index contributed by atoms with van der Waals surface area (Å²) in [6.45, 7) is 2.88. The summed E-state index contributed by atoms with van der Waals surface area (Å²) in [5.74, 6) is -0.292. The number of benzene rings is 1. The second kappa shape index (κ2) is 8.68. The Bertz CT molecular complexity index is 974. The minimum absolute atomic E-state index is 0.0595. The van der Waals surface area contributed by atoms with Crippen molar-refractivity contribution in [3.8, 4) is 0 Å². The van der Waals surface area contributed by atoms with Gasteiger partial charge in [0.2, 0.25) is 0 Å². The molecule has 1 aliphatic rings. The molecule has 4 rings (SSSR count). The van der Waals surface area contributed by atoms with Crippen LogP contribution >= 0.6 is 0 Å². The average molecular weight is 391 g/mol. The second-order valence-corrected chi connectivity index (χ2v) is 6.91. The standard InChI is InChI=1S/C22H22FN5O/c23-20-5-1-2-6-21(20)27-8-10-28(11-9-27)22(29)18-12-19(16-25-15-18)26-14-17-4-3-7-24-13-17/h1-7,12-13,15-16,26H,8-11,14H2. The van der Waals surface area contributed by atoms with Crippen molar-refractivity contribution in [1.29, 1.82) is 0 Å². The highest BCUT2D eigenvalue weighted by atomic mass is 19.1. The molecule has 0 unspecified atom stereocenters. The van der Waals surface area contributed by atoms with Crippen LogP contribution in [0.25, 0.3) is 0 Å². The van der Waals surface area contributed by atoms with Crippen molar-refractivity contribution in [2.24, 2.45) is 0 Å². The molecule has 148 valence electrons. The third-order valence-electron chi connectivity index (χ3n) is 4.96. The largest absolute Gasteiger partial charge is 0.380 e. The number of anilines is 2. The number of carbonyl (C=O) groups is 1. The van der Waals surface area contributed by atoms with E-state index < -0.39 is 0 Å². The van der Waals surface area contributed by atoms with Crippen molar-refractivity contribution in [3.63, 3.8) is 0 Å². The molecule has 1 saturated heterocycles. The van der Waals surface area contributed by atoms with E-state index in [0.29, 0.717) is 44.0 Å². The molecule has 0 spiro atoms. The molecule has 2 aromatic heterocycles. The van der Waals surface area contributed by atoms with E-state index in [1.807, 2.05) is 29.2 Å². The Morgan fingerprint density at radius 2 is 1.83 bits per heavy atom. The van der Waals surface area contributed by atoms with Crippen LogP contribution in [0.4, 0.5) is 15.8 Å². The predicted molar refractivity (Wildman–Crippen MR) is 110 cm³/mol. The number of aromatic nitrogens is 2. The Morgan fingerprint density at radius 3 is 2.59 bits per heavy atom. The molecule has 1 fully saturated rings. The lowest BCUT2D eigenvalue weighted by Gasteiger charge is -2.36. The van der Waals surface area contributed by atoms with Gasteiger partial charge in [-0.1, -0.05) is 18.2 Å². The summed E-state index contributed by atoms with van der Waals surface area (Å²) in [4.78, 5) is 25.0. The SMILES string of the molecule is O=C(c1cncc(NCc2cccnc2)c1)N1CCN(c2ccccc2F)CC1. The van der Waals surface area contributed by atoms with Gasteiger partial charge in [-0.2, -0.15) is 0 Å². The molecule has 1 N–H and O–H groups in total. The third-order valence-corrected chi connectivity index (χ3v) is 4.96. The number of halogens is 1. The first-order chi connectivity index (χ1) is 14.2. The van der Waals surface area contributed by atoms with Crippen LogP contribution in [0.5, 0.6) is 0 Å². The smallest absolute Gasteiger partial charge is 0.255 e. The van der Waals surface area contributed by atoms with Gasteiger partial charge < -0.3 is 15.1 Å². The highest BCUT2D eigenvalue weighted by molar-refractivity contribution is 5.95. The van der Waals surface area contributed by atoms with Crippen molar-refractivity contribution < 1.29 is 9.18 Å². The number of piperazine rings is 1. The number of para-hydroxylation sites is 1.